The molecule has 1 saturated heterocycles. The topological polar surface area (TPSA) is 70.4 Å². The van der Waals surface area contributed by atoms with Gasteiger partial charge in [-0.05, 0) is 85.0 Å². The summed E-state index contributed by atoms with van der Waals surface area (Å²) in [5.41, 5.74) is 3.86. The van der Waals surface area contributed by atoms with Gasteiger partial charge >= 0.3 is 5.97 Å². The maximum Gasteiger partial charge on any atom is 0.335 e. The third-order valence-electron chi connectivity index (χ3n) is 5.68. The van der Waals surface area contributed by atoms with Crippen molar-refractivity contribution in [3.05, 3.63) is 113 Å². The molecular formula is C25H19ClN4O2S. The normalized spacial score (nSPS) is 17.7. The van der Waals surface area contributed by atoms with Crippen molar-refractivity contribution < 1.29 is 9.90 Å². The number of carboxylic acid groups (broad SMARTS) is 1. The van der Waals surface area contributed by atoms with E-state index in [0.29, 0.717) is 10.1 Å². The Labute approximate surface area is 201 Å². The minimum absolute atomic E-state index is 0.193. The van der Waals surface area contributed by atoms with E-state index in [1.165, 1.54) is 0 Å². The third-order valence-corrected chi connectivity index (χ3v) is 6.25. The van der Waals surface area contributed by atoms with E-state index in [2.05, 4.69) is 15.2 Å². The zero-order chi connectivity index (χ0) is 22.9. The van der Waals surface area contributed by atoms with Crippen molar-refractivity contribution in [2.75, 3.05) is 4.90 Å². The van der Waals surface area contributed by atoms with Gasteiger partial charge in [0, 0.05) is 34.5 Å². The van der Waals surface area contributed by atoms with E-state index in [9.17, 15) is 9.90 Å². The third kappa shape index (κ3) is 3.97. The van der Waals surface area contributed by atoms with Gasteiger partial charge in [-0.3, -0.25) is 4.98 Å². The second-order valence-electron chi connectivity index (χ2n) is 7.63. The molecule has 164 valence electrons. The van der Waals surface area contributed by atoms with Crippen molar-refractivity contribution in [3.63, 3.8) is 0 Å². The van der Waals surface area contributed by atoms with Gasteiger partial charge in [-0.1, -0.05) is 17.7 Å². The smallest absolute Gasteiger partial charge is 0.335 e. The molecule has 4 aromatic rings. The number of pyridine rings is 1. The molecular weight excluding hydrogens is 456 g/mol. The molecule has 0 bridgehead atoms. The molecule has 0 saturated carbocycles. The zero-order valence-electron chi connectivity index (χ0n) is 17.3. The van der Waals surface area contributed by atoms with Crippen LogP contribution in [0.15, 0.2) is 91.3 Å². The molecule has 0 spiro atoms. The molecule has 33 heavy (non-hydrogen) atoms. The average molecular weight is 475 g/mol. The van der Waals surface area contributed by atoms with Gasteiger partial charge in [0.15, 0.2) is 5.11 Å². The van der Waals surface area contributed by atoms with E-state index < -0.39 is 5.97 Å². The molecule has 1 aliphatic heterocycles. The highest BCUT2D eigenvalue weighted by atomic mass is 35.5. The summed E-state index contributed by atoms with van der Waals surface area (Å²) >= 11 is 11.9. The number of nitrogens with one attached hydrogen (secondary N) is 1. The van der Waals surface area contributed by atoms with Crippen molar-refractivity contribution in [1.82, 2.24) is 14.9 Å². The monoisotopic (exact) mass is 474 g/mol. The standard InChI is InChI=1S/C25H19ClN4O2S/c26-17-8-12-19(13-9-17)30-23(22(28-25(30)33)20-4-1-2-14-27-20)21-5-3-15-29(21)18-10-6-16(7-11-18)24(31)32/h1-15,22-23H,(H,28,33)(H,31,32)/t22-,23+/m1/s1. The van der Waals surface area contributed by atoms with Crippen LogP contribution in [0.1, 0.15) is 33.8 Å². The number of anilines is 1. The molecule has 0 unspecified atom stereocenters. The second kappa shape index (κ2) is 8.69. The average Bonchev–Trinajstić information content (AvgIpc) is 3.44. The summed E-state index contributed by atoms with van der Waals surface area (Å²) in [6.45, 7) is 0. The van der Waals surface area contributed by atoms with Gasteiger partial charge in [-0.25, -0.2) is 4.79 Å². The van der Waals surface area contributed by atoms with Crippen LogP contribution < -0.4 is 10.2 Å². The summed E-state index contributed by atoms with van der Waals surface area (Å²) in [5, 5.41) is 13.9. The maximum atomic E-state index is 11.3. The van der Waals surface area contributed by atoms with Gasteiger partial charge in [0.2, 0.25) is 0 Å². The summed E-state index contributed by atoms with van der Waals surface area (Å²) in [6, 6.07) is 23.8. The summed E-state index contributed by atoms with van der Waals surface area (Å²) in [4.78, 5) is 17.9. The molecule has 5 rings (SSSR count). The van der Waals surface area contributed by atoms with E-state index in [0.717, 1.165) is 22.8 Å². The predicted molar refractivity (Wildman–Crippen MR) is 132 cm³/mol. The quantitative estimate of drug-likeness (QED) is 0.377. The molecule has 2 N–H and O–H groups in total. The largest absolute Gasteiger partial charge is 0.478 e. The van der Waals surface area contributed by atoms with Gasteiger partial charge in [0.05, 0.1) is 17.3 Å². The van der Waals surface area contributed by atoms with E-state index in [1.807, 2.05) is 65.4 Å². The Hall–Kier alpha value is -3.68. The molecule has 2 aromatic heterocycles. The summed E-state index contributed by atoms with van der Waals surface area (Å²) in [6.07, 6.45) is 3.73. The van der Waals surface area contributed by atoms with Crippen LogP contribution in [0.25, 0.3) is 5.69 Å². The van der Waals surface area contributed by atoms with Crippen LogP contribution in [0.2, 0.25) is 5.02 Å². The number of thiocarbonyl (C=S) groups is 1. The number of hydrogen-bond donors (Lipinski definition) is 2. The fourth-order valence-corrected chi connectivity index (χ4v) is 4.64. The van der Waals surface area contributed by atoms with Crippen molar-refractivity contribution in [1.29, 1.82) is 0 Å². The van der Waals surface area contributed by atoms with E-state index in [1.54, 1.807) is 30.5 Å². The van der Waals surface area contributed by atoms with Crippen LogP contribution in [0.5, 0.6) is 0 Å². The van der Waals surface area contributed by atoms with Crippen LogP contribution in [-0.2, 0) is 0 Å². The number of aromatic carboxylic acids is 1. The Morgan fingerprint density at radius 3 is 2.36 bits per heavy atom. The van der Waals surface area contributed by atoms with Gasteiger partial charge in [0.25, 0.3) is 0 Å². The predicted octanol–water partition coefficient (Wildman–Crippen LogP) is 5.40. The molecule has 6 nitrogen and oxygen atoms in total. The molecule has 0 amide bonds. The highest BCUT2D eigenvalue weighted by Crippen LogP contribution is 2.42. The fourth-order valence-electron chi connectivity index (χ4n) is 4.17. The summed E-state index contributed by atoms with van der Waals surface area (Å²) in [5.74, 6) is -0.955. The molecule has 8 heteroatoms. The molecule has 0 aliphatic carbocycles. The number of halogens is 1. The minimum Gasteiger partial charge on any atom is -0.478 e. The van der Waals surface area contributed by atoms with Crippen LogP contribution in [-0.4, -0.2) is 25.7 Å². The zero-order valence-corrected chi connectivity index (χ0v) is 18.9. The molecule has 0 radical (unpaired) electrons. The Kier molecular flexibility index (Phi) is 5.58. The van der Waals surface area contributed by atoms with Gasteiger partial charge in [0.1, 0.15) is 6.04 Å². The number of rotatable bonds is 5. The highest BCUT2D eigenvalue weighted by Gasteiger charge is 2.42. The maximum absolute atomic E-state index is 11.3. The number of carboxylic acids is 1. The lowest BCUT2D eigenvalue weighted by Gasteiger charge is -2.29. The van der Waals surface area contributed by atoms with Crippen LogP contribution in [0, 0.1) is 0 Å². The molecule has 2 aromatic carbocycles. The number of benzene rings is 2. The first-order valence-electron chi connectivity index (χ1n) is 10.3. The van der Waals surface area contributed by atoms with E-state index >= 15 is 0 Å². The summed E-state index contributed by atoms with van der Waals surface area (Å²) in [7, 11) is 0. The first-order valence-corrected chi connectivity index (χ1v) is 11.1. The van der Waals surface area contributed by atoms with Gasteiger partial charge in [-0.2, -0.15) is 0 Å². The molecule has 1 fully saturated rings. The van der Waals surface area contributed by atoms with Crippen LogP contribution in [0.3, 0.4) is 0 Å². The number of aromatic nitrogens is 2. The van der Waals surface area contributed by atoms with E-state index in [4.69, 9.17) is 23.8 Å². The second-order valence-corrected chi connectivity index (χ2v) is 8.45. The van der Waals surface area contributed by atoms with Crippen LogP contribution in [0.4, 0.5) is 5.69 Å². The van der Waals surface area contributed by atoms with Gasteiger partial charge < -0.3 is 19.9 Å². The Balaban J connectivity index is 1.63. The van der Waals surface area contributed by atoms with E-state index in [-0.39, 0.29) is 17.6 Å². The Morgan fingerprint density at radius 2 is 1.70 bits per heavy atom. The first kappa shape index (κ1) is 21.2. The molecule has 3 heterocycles. The van der Waals surface area contributed by atoms with Gasteiger partial charge in [-0.15, -0.1) is 0 Å². The molecule has 2 atom stereocenters. The number of hydrogen-bond acceptors (Lipinski definition) is 3. The first-order chi connectivity index (χ1) is 16.0. The molecule has 1 aliphatic rings. The Bertz CT molecular complexity index is 1310. The number of carbonyl (C=O) groups is 1. The summed E-state index contributed by atoms with van der Waals surface area (Å²) < 4.78 is 2.05. The lowest BCUT2D eigenvalue weighted by atomic mass is 10.0. The fraction of sp³-hybridized carbons (Fsp3) is 0.0800. The number of nitrogens with zero attached hydrogens (tertiary/aromatic N) is 3. The van der Waals surface area contributed by atoms with Crippen molar-refractivity contribution >= 4 is 40.6 Å². The lowest BCUT2D eigenvalue weighted by molar-refractivity contribution is 0.0697. The van der Waals surface area contributed by atoms with Crippen molar-refractivity contribution in [2.45, 2.75) is 12.1 Å². The highest BCUT2D eigenvalue weighted by molar-refractivity contribution is 7.80. The van der Waals surface area contributed by atoms with Crippen LogP contribution >= 0.6 is 23.8 Å². The Morgan fingerprint density at radius 1 is 0.970 bits per heavy atom. The van der Waals surface area contributed by atoms with Crippen molar-refractivity contribution in [2.24, 2.45) is 0 Å². The SMILES string of the molecule is O=C(O)c1ccc(-n2cccc2[C@H]2[C@@H](c3ccccn3)NC(=S)N2c2ccc(Cl)cc2)cc1. The lowest BCUT2D eigenvalue weighted by Crippen LogP contribution is -2.30. The van der Waals surface area contributed by atoms with Crippen molar-refractivity contribution in [3.8, 4) is 5.69 Å². The minimum atomic E-state index is -0.955.